The molecule has 0 radical (unpaired) electrons. The first-order chi connectivity index (χ1) is 8.25. The smallest absolute Gasteiger partial charge is 0.217 e. The summed E-state index contributed by atoms with van der Waals surface area (Å²) < 4.78 is 5.30. The number of morpholine rings is 1. The van der Waals surface area contributed by atoms with Gasteiger partial charge in [-0.3, -0.25) is 9.78 Å². The third kappa shape index (κ3) is 3.42. The number of carbonyl (C=O) groups is 1. The number of aryl methyl sites for hydroxylation is 1. The van der Waals surface area contributed by atoms with Crippen LogP contribution in [0, 0.1) is 0 Å². The number of nitrogens with zero attached hydrogens (tertiary/aromatic N) is 2. The first-order valence-corrected chi connectivity index (χ1v) is 5.81. The van der Waals surface area contributed by atoms with Crippen molar-refractivity contribution in [3.8, 4) is 0 Å². The van der Waals surface area contributed by atoms with Crippen molar-refractivity contribution in [1.82, 2.24) is 4.98 Å². The van der Waals surface area contributed by atoms with E-state index < -0.39 is 0 Å². The van der Waals surface area contributed by atoms with Gasteiger partial charge in [0.05, 0.1) is 25.1 Å². The van der Waals surface area contributed by atoms with Crippen molar-refractivity contribution in [2.24, 2.45) is 5.73 Å². The van der Waals surface area contributed by atoms with Crippen molar-refractivity contribution in [2.45, 2.75) is 12.8 Å². The van der Waals surface area contributed by atoms with Crippen molar-refractivity contribution in [3.05, 3.63) is 24.0 Å². The Balaban J connectivity index is 1.94. The van der Waals surface area contributed by atoms with Gasteiger partial charge >= 0.3 is 0 Å². The Kier molecular flexibility index (Phi) is 3.93. The molecule has 92 valence electrons. The van der Waals surface area contributed by atoms with E-state index >= 15 is 0 Å². The minimum Gasteiger partial charge on any atom is -0.378 e. The summed E-state index contributed by atoms with van der Waals surface area (Å²) in [6, 6.07) is 3.99. The Morgan fingerprint density at radius 1 is 1.41 bits per heavy atom. The normalized spacial score (nSPS) is 15.9. The molecule has 1 aromatic rings. The van der Waals surface area contributed by atoms with Gasteiger partial charge in [-0.1, -0.05) is 0 Å². The van der Waals surface area contributed by atoms with Crippen molar-refractivity contribution in [3.63, 3.8) is 0 Å². The number of carbonyl (C=O) groups excluding carboxylic acids is 1. The third-order valence-electron chi connectivity index (χ3n) is 2.81. The molecule has 1 saturated heterocycles. The van der Waals surface area contributed by atoms with Gasteiger partial charge in [-0.05, 0) is 18.6 Å². The fourth-order valence-corrected chi connectivity index (χ4v) is 1.82. The zero-order valence-electron chi connectivity index (χ0n) is 9.76. The van der Waals surface area contributed by atoms with Gasteiger partial charge in [-0.15, -0.1) is 0 Å². The second kappa shape index (κ2) is 5.63. The average molecular weight is 235 g/mol. The van der Waals surface area contributed by atoms with Crippen LogP contribution < -0.4 is 10.6 Å². The molecule has 1 aliphatic heterocycles. The van der Waals surface area contributed by atoms with Crippen LogP contribution in [0.2, 0.25) is 0 Å². The maximum atomic E-state index is 10.7. The highest BCUT2D eigenvalue weighted by molar-refractivity contribution is 5.73. The van der Waals surface area contributed by atoms with E-state index in [1.165, 1.54) is 0 Å². The van der Waals surface area contributed by atoms with E-state index in [1.54, 1.807) is 0 Å². The molecule has 0 aromatic carbocycles. The number of aromatic nitrogens is 1. The second-order valence-corrected chi connectivity index (χ2v) is 4.07. The SMILES string of the molecule is NC(=O)CCc1ccc(N2CCOCC2)cn1. The maximum absolute atomic E-state index is 10.7. The number of nitrogens with two attached hydrogens (primary N) is 1. The fraction of sp³-hybridized carbons (Fsp3) is 0.500. The molecule has 0 bridgehead atoms. The second-order valence-electron chi connectivity index (χ2n) is 4.07. The van der Waals surface area contributed by atoms with Gasteiger partial charge in [0.2, 0.25) is 5.91 Å². The zero-order chi connectivity index (χ0) is 12.1. The lowest BCUT2D eigenvalue weighted by Gasteiger charge is -2.28. The molecule has 17 heavy (non-hydrogen) atoms. The monoisotopic (exact) mass is 235 g/mol. The molecule has 5 nitrogen and oxygen atoms in total. The summed E-state index contributed by atoms with van der Waals surface area (Å²) in [6.45, 7) is 3.34. The molecule has 1 aromatic heterocycles. The largest absolute Gasteiger partial charge is 0.378 e. The van der Waals surface area contributed by atoms with Crippen LogP contribution in [0.5, 0.6) is 0 Å². The van der Waals surface area contributed by atoms with Crippen LogP contribution in [0.1, 0.15) is 12.1 Å². The van der Waals surface area contributed by atoms with Crippen LogP contribution in [0.15, 0.2) is 18.3 Å². The quantitative estimate of drug-likeness (QED) is 0.817. The number of primary amides is 1. The van der Waals surface area contributed by atoms with Crippen molar-refractivity contribution in [1.29, 1.82) is 0 Å². The lowest BCUT2D eigenvalue weighted by Crippen LogP contribution is -2.36. The average Bonchev–Trinajstić information content (AvgIpc) is 2.38. The summed E-state index contributed by atoms with van der Waals surface area (Å²) in [4.78, 5) is 17.2. The molecule has 0 aliphatic carbocycles. The predicted octanol–water partition coefficient (Wildman–Crippen LogP) is 0.336. The van der Waals surface area contributed by atoms with Gasteiger partial charge in [-0.25, -0.2) is 0 Å². The van der Waals surface area contributed by atoms with Crippen molar-refractivity contribution < 1.29 is 9.53 Å². The van der Waals surface area contributed by atoms with Crippen LogP contribution in [0.3, 0.4) is 0 Å². The van der Waals surface area contributed by atoms with Gasteiger partial charge < -0.3 is 15.4 Å². The highest BCUT2D eigenvalue weighted by Crippen LogP contribution is 2.15. The van der Waals surface area contributed by atoms with Gasteiger partial charge in [0.1, 0.15) is 0 Å². The van der Waals surface area contributed by atoms with Gasteiger partial charge in [0.25, 0.3) is 0 Å². The summed E-state index contributed by atoms with van der Waals surface area (Å²) in [5.41, 5.74) is 7.11. The Morgan fingerprint density at radius 3 is 2.76 bits per heavy atom. The minimum atomic E-state index is -0.288. The van der Waals surface area contributed by atoms with E-state index in [0.717, 1.165) is 37.7 Å². The Labute approximate surface area is 101 Å². The highest BCUT2D eigenvalue weighted by atomic mass is 16.5. The van der Waals surface area contributed by atoms with Gasteiger partial charge in [-0.2, -0.15) is 0 Å². The molecule has 1 amide bonds. The molecule has 0 atom stereocenters. The highest BCUT2D eigenvalue weighted by Gasteiger charge is 2.11. The number of amides is 1. The summed E-state index contributed by atoms with van der Waals surface area (Å²) >= 11 is 0. The van der Waals surface area contributed by atoms with E-state index in [9.17, 15) is 4.79 Å². The Hall–Kier alpha value is -1.62. The van der Waals surface area contributed by atoms with E-state index in [-0.39, 0.29) is 5.91 Å². The molecule has 0 saturated carbocycles. The summed E-state index contributed by atoms with van der Waals surface area (Å²) in [6.07, 6.45) is 2.81. The lowest BCUT2D eigenvalue weighted by atomic mass is 10.2. The predicted molar refractivity (Wildman–Crippen MR) is 64.8 cm³/mol. The molecular formula is C12H17N3O2. The minimum absolute atomic E-state index is 0.288. The molecule has 0 unspecified atom stereocenters. The first kappa shape index (κ1) is 11.9. The van der Waals surface area contributed by atoms with E-state index in [4.69, 9.17) is 10.5 Å². The van der Waals surface area contributed by atoms with Crippen LogP contribution in [-0.2, 0) is 16.0 Å². The number of hydrogen-bond acceptors (Lipinski definition) is 4. The van der Waals surface area contributed by atoms with E-state index in [0.29, 0.717) is 12.8 Å². The topological polar surface area (TPSA) is 68.5 Å². The molecule has 0 spiro atoms. The number of pyridine rings is 1. The molecule has 1 aliphatic rings. The van der Waals surface area contributed by atoms with Crippen LogP contribution >= 0.6 is 0 Å². The summed E-state index contributed by atoms with van der Waals surface area (Å²) in [5, 5.41) is 0. The summed E-state index contributed by atoms with van der Waals surface area (Å²) in [7, 11) is 0. The van der Waals surface area contributed by atoms with Crippen LogP contribution in [0.4, 0.5) is 5.69 Å². The molecule has 2 N–H and O–H groups in total. The zero-order valence-corrected chi connectivity index (χ0v) is 9.76. The third-order valence-corrected chi connectivity index (χ3v) is 2.81. The summed E-state index contributed by atoms with van der Waals surface area (Å²) in [5.74, 6) is -0.288. The molecular weight excluding hydrogens is 218 g/mol. The Morgan fingerprint density at radius 2 is 2.18 bits per heavy atom. The van der Waals surface area contributed by atoms with Crippen LogP contribution in [0.25, 0.3) is 0 Å². The van der Waals surface area contributed by atoms with Gasteiger partial charge in [0.15, 0.2) is 0 Å². The van der Waals surface area contributed by atoms with Crippen molar-refractivity contribution in [2.75, 3.05) is 31.2 Å². The molecule has 5 heteroatoms. The first-order valence-electron chi connectivity index (χ1n) is 5.81. The molecule has 2 rings (SSSR count). The number of ether oxygens (including phenoxy) is 1. The number of anilines is 1. The molecule has 1 fully saturated rings. The lowest BCUT2D eigenvalue weighted by molar-refractivity contribution is -0.118. The van der Waals surface area contributed by atoms with Crippen molar-refractivity contribution >= 4 is 11.6 Å². The maximum Gasteiger partial charge on any atom is 0.217 e. The number of hydrogen-bond donors (Lipinski definition) is 1. The van der Waals surface area contributed by atoms with E-state index in [2.05, 4.69) is 9.88 Å². The van der Waals surface area contributed by atoms with Gasteiger partial charge in [0, 0.05) is 25.2 Å². The molecule has 2 heterocycles. The number of rotatable bonds is 4. The standard InChI is InChI=1S/C12H17N3O2/c13-12(16)4-2-10-1-3-11(9-14-10)15-5-7-17-8-6-15/h1,3,9H,2,4-8H2,(H2,13,16). The van der Waals surface area contributed by atoms with E-state index in [1.807, 2.05) is 18.3 Å². The fourth-order valence-electron chi connectivity index (χ4n) is 1.82. The Bertz CT molecular complexity index is 372. The van der Waals surface area contributed by atoms with Crippen LogP contribution in [-0.4, -0.2) is 37.2 Å².